The highest BCUT2D eigenvalue weighted by Gasteiger charge is 2.48. The lowest BCUT2D eigenvalue weighted by Crippen LogP contribution is -2.27. The van der Waals surface area contributed by atoms with E-state index in [1.165, 1.54) is 145 Å². The van der Waals surface area contributed by atoms with Gasteiger partial charge in [0.05, 0.1) is 0 Å². The van der Waals surface area contributed by atoms with E-state index >= 15 is 0 Å². The Bertz CT molecular complexity index is 1610. The Balaban J connectivity index is 1.57. The van der Waals surface area contributed by atoms with Gasteiger partial charge < -0.3 is 0 Å². The molecule has 48 heavy (non-hydrogen) atoms. The van der Waals surface area contributed by atoms with Crippen LogP contribution in [0, 0.1) is 0 Å². The van der Waals surface area contributed by atoms with Crippen molar-refractivity contribution in [1.82, 2.24) is 0 Å². The normalized spacial score (nSPS) is 15.0. The molecule has 2 aliphatic carbocycles. The van der Waals surface area contributed by atoms with Crippen LogP contribution in [0.5, 0.6) is 0 Å². The van der Waals surface area contributed by atoms with Crippen molar-refractivity contribution in [2.45, 2.75) is 167 Å². The first-order valence-corrected chi connectivity index (χ1v) is 20.5. The average Bonchev–Trinajstić information content (AvgIpc) is 3.55. The first kappa shape index (κ1) is 35.0. The van der Waals surface area contributed by atoms with Crippen LogP contribution in [0.2, 0.25) is 0 Å². The van der Waals surface area contributed by atoms with Gasteiger partial charge in [0.25, 0.3) is 0 Å². The lowest BCUT2D eigenvalue weighted by Gasteiger charge is -2.35. The van der Waals surface area contributed by atoms with E-state index in [0.717, 1.165) is 0 Å². The fourth-order valence-corrected chi connectivity index (χ4v) is 9.95. The number of fused-ring (bicyclic) bond motifs is 8. The maximum Gasteiger partial charge on any atom is 0.0215 e. The maximum absolute atomic E-state index is 2.79. The number of hydrogen-bond donors (Lipinski definition) is 0. The van der Waals surface area contributed by atoms with Crippen molar-refractivity contribution >= 4 is 10.8 Å². The molecule has 2 aliphatic rings. The smallest absolute Gasteiger partial charge is 0.0215 e. The third-order valence-corrected chi connectivity index (χ3v) is 12.5. The zero-order valence-electron chi connectivity index (χ0n) is 31.1. The van der Waals surface area contributed by atoms with Gasteiger partial charge in [0.1, 0.15) is 0 Å². The summed E-state index contributed by atoms with van der Waals surface area (Å²) in [5.41, 5.74) is 13.1. The molecule has 0 aromatic heterocycles. The molecule has 0 spiro atoms. The zero-order valence-corrected chi connectivity index (χ0v) is 31.1. The van der Waals surface area contributed by atoms with Crippen LogP contribution < -0.4 is 0 Å². The number of hydrogen-bond acceptors (Lipinski definition) is 0. The molecule has 4 aromatic carbocycles. The second kappa shape index (κ2) is 16.2. The fourth-order valence-electron chi connectivity index (χ4n) is 9.95. The van der Waals surface area contributed by atoms with Crippen molar-refractivity contribution in [2.24, 2.45) is 0 Å². The Morgan fingerprint density at radius 2 is 0.854 bits per heavy atom. The summed E-state index contributed by atoms with van der Waals surface area (Å²) in [4.78, 5) is 0. The zero-order chi connectivity index (χ0) is 33.4. The average molecular weight is 641 g/mol. The lowest BCUT2D eigenvalue weighted by atomic mass is 9.68. The van der Waals surface area contributed by atoms with E-state index in [4.69, 9.17) is 0 Å². The maximum atomic E-state index is 2.79. The minimum absolute atomic E-state index is 0.105. The van der Waals surface area contributed by atoms with E-state index < -0.39 is 0 Å². The second-order valence-corrected chi connectivity index (χ2v) is 15.6. The van der Waals surface area contributed by atoms with E-state index in [1.54, 1.807) is 38.9 Å². The van der Waals surface area contributed by atoms with Gasteiger partial charge in [-0.15, -0.1) is 0 Å². The standard InChI is InChI=1S/C48H64/c1-5-9-13-21-31-47(32-22-14-10-6-2)42-28-20-19-27-39(42)40-35-45-41(36-44(40)47)46-38-26-18-17-25-37(38)29-30-43(46)48(45,33-23-15-11-7-3)34-24-16-12-8-4/h17-20,25-30,35-36H,5-16,21-24,31-34H2,1-4H3. The van der Waals surface area contributed by atoms with Gasteiger partial charge in [-0.1, -0.05) is 191 Å². The molecule has 0 heteroatoms. The molecule has 256 valence electrons. The molecular weight excluding hydrogens is 577 g/mol. The van der Waals surface area contributed by atoms with Crippen molar-refractivity contribution < 1.29 is 0 Å². The molecular formula is C48H64. The molecule has 0 unspecified atom stereocenters. The van der Waals surface area contributed by atoms with Gasteiger partial charge in [-0.3, -0.25) is 0 Å². The summed E-state index contributed by atoms with van der Waals surface area (Å²) in [5, 5.41) is 2.86. The first-order valence-electron chi connectivity index (χ1n) is 20.5. The molecule has 0 saturated carbocycles. The largest absolute Gasteiger partial charge is 0.0654 e. The van der Waals surface area contributed by atoms with Crippen LogP contribution in [0.15, 0.2) is 72.8 Å². The van der Waals surface area contributed by atoms with Crippen molar-refractivity contribution in [3.8, 4) is 22.3 Å². The third-order valence-electron chi connectivity index (χ3n) is 12.5. The van der Waals surface area contributed by atoms with Crippen LogP contribution in [0.3, 0.4) is 0 Å². The Labute approximate surface area is 294 Å². The van der Waals surface area contributed by atoms with Gasteiger partial charge in [-0.05, 0) is 93.1 Å². The van der Waals surface area contributed by atoms with Crippen LogP contribution >= 0.6 is 0 Å². The van der Waals surface area contributed by atoms with E-state index in [1.807, 2.05) is 0 Å². The fraction of sp³-hybridized carbons (Fsp3) is 0.542. The molecule has 0 saturated heterocycles. The van der Waals surface area contributed by atoms with Crippen LogP contribution in [-0.4, -0.2) is 0 Å². The van der Waals surface area contributed by atoms with Gasteiger partial charge in [0.15, 0.2) is 0 Å². The van der Waals surface area contributed by atoms with Gasteiger partial charge in [0, 0.05) is 10.8 Å². The molecule has 0 fully saturated rings. The first-order chi connectivity index (χ1) is 23.6. The SMILES string of the molecule is CCCCCCC1(CCCCCC)c2ccccc2-c2cc3c(cc21)-c1c(ccc2ccccc12)C3(CCCCCC)CCCCCC. The quantitative estimate of drug-likeness (QED) is 0.0843. The van der Waals surface area contributed by atoms with E-state index in [9.17, 15) is 0 Å². The summed E-state index contributed by atoms with van der Waals surface area (Å²) in [6.45, 7) is 9.40. The topological polar surface area (TPSA) is 0 Å². The minimum atomic E-state index is 0.105. The molecule has 0 amide bonds. The number of rotatable bonds is 20. The minimum Gasteiger partial charge on any atom is -0.0654 e. The predicted octanol–water partition coefficient (Wildman–Crippen LogP) is 15.3. The van der Waals surface area contributed by atoms with Crippen LogP contribution in [0.25, 0.3) is 33.0 Å². The van der Waals surface area contributed by atoms with Crippen molar-refractivity contribution in [1.29, 1.82) is 0 Å². The van der Waals surface area contributed by atoms with Crippen LogP contribution in [0.1, 0.15) is 178 Å². The van der Waals surface area contributed by atoms with E-state index in [-0.39, 0.29) is 10.8 Å². The molecule has 0 bridgehead atoms. The Morgan fingerprint density at radius 3 is 1.44 bits per heavy atom. The summed E-state index contributed by atoms with van der Waals surface area (Å²) in [6.07, 6.45) is 26.4. The Kier molecular flexibility index (Phi) is 11.8. The van der Waals surface area contributed by atoms with Crippen molar-refractivity contribution in [2.75, 3.05) is 0 Å². The van der Waals surface area contributed by atoms with Gasteiger partial charge >= 0.3 is 0 Å². The lowest BCUT2D eigenvalue weighted by molar-refractivity contribution is 0.397. The van der Waals surface area contributed by atoms with Crippen LogP contribution in [0.4, 0.5) is 0 Å². The predicted molar refractivity (Wildman–Crippen MR) is 211 cm³/mol. The second-order valence-electron chi connectivity index (χ2n) is 15.6. The summed E-state index contributed by atoms with van der Waals surface area (Å²) >= 11 is 0. The van der Waals surface area contributed by atoms with Crippen molar-refractivity contribution in [3.63, 3.8) is 0 Å². The molecule has 0 aliphatic heterocycles. The van der Waals surface area contributed by atoms with Crippen molar-refractivity contribution in [3.05, 3.63) is 95.1 Å². The molecule has 0 radical (unpaired) electrons. The van der Waals surface area contributed by atoms with E-state index in [0.29, 0.717) is 0 Å². The monoisotopic (exact) mass is 641 g/mol. The Morgan fingerprint density at radius 1 is 0.375 bits per heavy atom. The van der Waals surface area contributed by atoms with Gasteiger partial charge in [-0.2, -0.15) is 0 Å². The molecule has 6 rings (SSSR count). The van der Waals surface area contributed by atoms with Crippen LogP contribution in [-0.2, 0) is 10.8 Å². The highest BCUT2D eigenvalue weighted by molar-refractivity contribution is 6.03. The summed E-state index contributed by atoms with van der Waals surface area (Å²) < 4.78 is 0. The molecule has 0 atom stereocenters. The third kappa shape index (κ3) is 6.55. The summed E-state index contributed by atoms with van der Waals surface area (Å²) in [6, 6.07) is 29.5. The van der Waals surface area contributed by atoms with Gasteiger partial charge in [-0.25, -0.2) is 0 Å². The number of benzene rings is 4. The molecule has 0 nitrogen and oxygen atoms in total. The highest BCUT2D eigenvalue weighted by Crippen LogP contribution is 2.61. The molecule has 0 N–H and O–H groups in total. The summed E-state index contributed by atoms with van der Waals surface area (Å²) in [7, 11) is 0. The van der Waals surface area contributed by atoms with Gasteiger partial charge in [0.2, 0.25) is 0 Å². The number of unbranched alkanes of at least 4 members (excludes halogenated alkanes) is 12. The molecule has 4 aromatic rings. The molecule has 0 heterocycles. The Hall–Kier alpha value is -2.86. The highest BCUT2D eigenvalue weighted by atomic mass is 14.5. The van der Waals surface area contributed by atoms with E-state index in [2.05, 4.69) is 100 Å². The summed E-state index contributed by atoms with van der Waals surface area (Å²) in [5.74, 6) is 0.